The van der Waals surface area contributed by atoms with Gasteiger partial charge in [0, 0.05) is 33.5 Å². The predicted octanol–water partition coefficient (Wildman–Crippen LogP) is 6.19. The van der Waals surface area contributed by atoms with E-state index in [1.807, 2.05) is 43.5 Å². The largest absolute Gasteiger partial charge is 0.451 e. The van der Waals surface area contributed by atoms with Crippen molar-refractivity contribution in [2.45, 2.75) is 23.9 Å². The SMILES string of the molecule is Cc1csc(SCc2c(C(=O)Nc3cc(F)ccc3C)oc3ccccc23)n1. The molecule has 0 saturated carbocycles. The monoisotopic (exact) mass is 412 g/mol. The number of fused-ring (bicyclic) bond motifs is 1. The average molecular weight is 413 g/mol. The molecule has 0 fully saturated rings. The van der Waals surface area contributed by atoms with Crippen LogP contribution < -0.4 is 5.32 Å². The number of furan rings is 1. The van der Waals surface area contributed by atoms with Crippen LogP contribution in [0.4, 0.5) is 10.1 Å². The highest BCUT2D eigenvalue weighted by Gasteiger charge is 2.21. The molecule has 1 N–H and O–H groups in total. The van der Waals surface area contributed by atoms with Gasteiger partial charge in [-0.15, -0.1) is 11.3 Å². The Labute approximate surface area is 169 Å². The molecule has 7 heteroatoms. The zero-order valence-corrected chi connectivity index (χ0v) is 16.9. The minimum Gasteiger partial charge on any atom is -0.451 e. The molecule has 0 saturated heterocycles. The number of hydrogen-bond acceptors (Lipinski definition) is 5. The van der Waals surface area contributed by atoms with Gasteiger partial charge in [0.05, 0.1) is 0 Å². The van der Waals surface area contributed by atoms with Crippen LogP contribution in [0.1, 0.15) is 27.4 Å². The number of rotatable bonds is 5. The molecular weight excluding hydrogens is 395 g/mol. The number of nitrogens with zero attached hydrogens (tertiary/aromatic N) is 1. The second kappa shape index (κ2) is 7.77. The molecule has 0 aliphatic carbocycles. The van der Waals surface area contributed by atoms with Crippen LogP contribution in [-0.2, 0) is 5.75 Å². The van der Waals surface area contributed by atoms with E-state index in [-0.39, 0.29) is 5.76 Å². The lowest BCUT2D eigenvalue weighted by atomic mass is 10.1. The van der Waals surface area contributed by atoms with E-state index >= 15 is 0 Å². The molecule has 0 spiro atoms. The van der Waals surface area contributed by atoms with Crippen LogP contribution in [0.15, 0.2) is 56.6 Å². The van der Waals surface area contributed by atoms with Crippen molar-refractivity contribution >= 4 is 45.7 Å². The summed E-state index contributed by atoms with van der Waals surface area (Å²) in [5.74, 6) is -0.00336. The first-order valence-electron chi connectivity index (χ1n) is 8.64. The fourth-order valence-electron chi connectivity index (χ4n) is 2.87. The zero-order chi connectivity index (χ0) is 19.7. The van der Waals surface area contributed by atoms with E-state index in [1.54, 1.807) is 29.2 Å². The summed E-state index contributed by atoms with van der Waals surface area (Å²) >= 11 is 3.14. The topological polar surface area (TPSA) is 55.1 Å². The standard InChI is InChI=1S/C21H17FN2O2S2/c1-12-7-8-14(22)9-17(12)24-20(25)19-16(11-28-21-23-13(2)10-27-21)15-5-3-4-6-18(15)26-19/h3-10H,11H2,1-2H3,(H,24,25). The van der Waals surface area contributed by atoms with E-state index in [0.717, 1.165) is 26.5 Å². The van der Waals surface area contributed by atoms with Crippen LogP contribution >= 0.6 is 23.1 Å². The molecule has 4 rings (SSSR count). The Bertz CT molecular complexity index is 1170. The van der Waals surface area contributed by atoms with Crippen molar-refractivity contribution in [2.24, 2.45) is 0 Å². The van der Waals surface area contributed by atoms with Gasteiger partial charge in [0.25, 0.3) is 5.91 Å². The summed E-state index contributed by atoms with van der Waals surface area (Å²) < 4.78 is 20.4. The van der Waals surface area contributed by atoms with E-state index < -0.39 is 11.7 Å². The van der Waals surface area contributed by atoms with Gasteiger partial charge in [-0.05, 0) is 37.6 Å². The molecule has 0 bridgehead atoms. The molecule has 0 atom stereocenters. The molecule has 2 aromatic carbocycles. The predicted molar refractivity (Wildman–Crippen MR) is 112 cm³/mol. The van der Waals surface area contributed by atoms with Gasteiger partial charge in [-0.1, -0.05) is 36.0 Å². The van der Waals surface area contributed by atoms with Gasteiger partial charge in [0.1, 0.15) is 15.7 Å². The smallest absolute Gasteiger partial charge is 0.291 e. The third-order valence-corrected chi connectivity index (χ3v) is 6.46. The van der Waals surface area contributed by atoms with Crippen molar-refractivity contribution in [1.29, 1.82) is 0 Å². The van der Waals surface area contributed by atoms with E-state index in [4.69, 9.17) is 4.42 Å². The Morgan fingerprint density at radius 3 is 2.86 bits per heavy atom. The van der Waals surface area contributed by atoms with E-state index in [2.05, 4.69) is 10.3 Å². The van der Waals surface area contributed by atoms with Crippen molar-refractivity contribution in [3.05, 3.63) is 76.2 Å². The third kappa shape index (κ3) is 3.81. The van der Waals surface area contributed by atoms with E-state index in [9.17, 15) is 9.18 Å². The van der Waals surface area contributed by atoms with Crippen LogP contribution in [0.25, 0.3) is 11.0 Å². The quantitative estimate of drug-likeness (QED) is 0.397. The minimum absolute atomic E-state index is 0.241. The molecule has 1 amide bonds. The van der Waals surface area contributed by atoms with Gasteiger partial charge in [0.15, 0.2) is 5.76 Å². The van der Waals surface area contributed by atoms with Crippen LogP contribution in [0.5, 0.6) is 0 Å². The summed E-state index contributed by atoms with van der Waals surface area (Å²) in [6.07, 6.45) is 0. The maximum Gasteiger partial charge on any atom is 0.291 e. The maximum absolute atomic E-state index is 13.6. The molecule has 0 radical (unpaired) electrons. The summed E-state index contributed by atoms with van der Waals surface area (Å²) in [5.41, 5.74) is 3.64. The fourth-order valence-corrected chi connectivity index (χ4v) is 4.74. The number of carbonyl (C=O) groups excluding carboxylic acids is 1. The Morgan fingerprint density at radius 1 is 1.25 bits per heavy atom. The molecule has 0 unspecified atom stereocenters. The number of thiazole rings is 1. The first-order valence-corrected chi connectivity index (χ1v) is 10.5. The lowest BCUT2D eigenvalue weighted by molar-refractivity contribution is 0.0997. The van der Waals surface area contributed by atoms with Gasteiger partial charge < -0.3 is 9.73 Å². The van der Waals surface area contributed by atoms with Gasteiger partial charge in [0.2, 0.25) is 0 Å². The lowest BCUT2D eigenvalue weighted by Crippen LogP contribution is -2.13. The summed E-state index contributed by atoms with van der Waals surface area (Å²) in [5, 5.41) is 5.67. The highest BCUT2D eigenvalue weighted by Crippen LogP contribution is 2.33. The van der Waals surface area contributed by atoms with Gasteiger partial charge in [-0.25, -0.2) is 9.37 Å². The number of aromatic nitrogens is 1. The van der Waals surface area contributed by atoms with Crippen molar-refractivity contribution < 1.29 is 13.6 Å². The number of carbonyl (C=O) groups is 1. The van der Waals surface area contributed by atoms with Crippen molar-refractivity contribution in [2.75, 3.05) is 5.32 Å². The fraction of sp³-hybridized carbons (Fsp3) is 0.143. The van der Waals surface area contributed by atoms with Gasteiger partial charge >= 0.3 is 0 Å². The minimum atomic E-state index is -0.402. The van der Waals surface area contributed by atoms with Crippen molar-refractivity contribution in [3.63, 3.8) is 0 Å². The number of hydrogen-bond donors (Lipinski definition) is 1. The normalized spacial score (nSPS) is 11.1. The van der Waals surface area contributed by atoms with Crippen LogP contribution in [0, 0.1) is 19.7 Å². The van der Waals surface area contributed by atoms with Crippen molar-refractivity contribution in [3.8, 4) is 0 Å². The Kier molecular flexibility index (Phi) is 5.19. The van der Waals surface area contributed by atoms with Crippen LogP contribution in [0.3, 0.4) is 0 Å². The van der Waals surface area contributed by atoms with Gasteiger partial charge in [-0.2, -0.15) is 0 Å². The van der Waals surface area contributed by atoms with Crippen LogP contribution in [0.2, 0.25) is 0 Å². The number of anilines is 1. The van der Waals surface area contributed by atoms with E-state index in [1.165, 1.54) is 12.1 Å². The molecule has 28 heavy (non-hydrogen) atoms. The number of thioether (sulfide) groups is 1. The zero-order valence-electron chi connectivity index (χ0n) is 15.3. The molecule has 142 valence electrons. The molecule has 2 heterocycles. The average Bonchev–Trinajstić information content (AvgIpc) is 3.26. The number of para-hydroxylation sites is 1. The first kappa shape index (κ1) is 18.7. The molecule has 0 aliphatic rings. The number of nitrogens with one attached hydrogen (secondary N) is 1. The number of halogens is 1. The second-order valence-electron chi connectivity index (χ2n) is 6.36. The summed E-state index contributed by atoms with van der Waals surface area (Å²) in [7, 11) is 0. The number of aryl methyl sites for hydroxylation is 2. The highest BCUT2D eigenvalue weighted by atomic mass is 32.2. The first-order chi connectivity index (χ1) is 13.5. The molecule has 0 aliphatic heterocycles. The Hall–Kier alpha value is -2.64. The van der Waals surface area contributed by atoms with E-state index in [0.29, 0.717) is 17.0 Å². The number of benzene rings is 2. The maximum atomic E-state index is 13.6. The van der Waals surface area contributed by atoms with Crippen LogP contribution in [-0.4, -0.2) is 10.9 Å². The molecule has 2 aromatic heterocycles. The number of amides is 1. The molecule has 4 nitrogen and oxygen atoms in total. The summed E-state index contributed by atoms with van der Waals surface area (Å²) in [6, 6.07) is 11.9. The summed E-state index contributed by atoms with van der Waals surface area (Å²) in [4.78, 5) is 17.4. The molecule has 4 aromatic rings. The third-order valence-electron chi connectivity index (χ3n) is 4.29. The van der Waals surface area contributed by atoms with Gasteiger partial charge in [-0.3, -0.25) is 4.79 Å². The lowest BCUT2D eigenvalue weighted by Gasteiger charge is -2.08. The summed E-state index contributed by atoms with van der Waals surface area (Å²) in [6.45, 7) is 3.77. The Morgan fingerprint density at radius 2 is 2.07 bits per heavy atom. The Balaban J connectivity index is 1.67. The highest BCUT2D eigenvalue weighted by molar-refractivity contribution is 8.00. The second-order valence-corrected chi connectivity index (χ2v) is 8.44. The van der Waals surface area contributed by atoms with Crippen molar-refractivity contribution in [1.82, 2.24) is 4.98 Å². The molecular formula is C21H17FN2O2S2.